The van der Waals surface area contributed by atoms with E-state index in [1.807, 2.05) is 0 Å². The minimum atomic E-state index is -2.14. The van der Waals surface area contributed by atoms with Gasteiger partial charge in [-0.1, -0.05) is 258 Å². The zero-order valence-corrected chi connectivity index (χ0v) is 46.7. The van der Waals surface area contributed by atoms with Gasteiger partial charge in [-0.05, 0) is 161 Å². The first-order chi connectivity index (χ1) is 34.9. The zero-order chi connectivity index (χ0) is 51.4. The zero-order valence-electron chi connectivity index (χ0n) is 45.7. The third-order valence-corrected chi connectivity index (χ3v) is 20.4. The van der Waals surface area contributed by atoms with E-state index in [9.17, 15) is 0 Å². The Bertz CT molecular complexity index is 3680. The number of benzene rings is 10. The third-order valence-electron chi connectivity index (χ3n) is 16.9. The van der Waals surface area contributed by atoms with Crippen molar-refractivity contribution in [3.05, 3.63) is 224 Å². The van der Waals surface area contributed by atoms with Crippen molar-refractivity contribution in [2.45, 2.75) is 96.2 Å². The number of rotatable bonds is 8. The maximum atomic E-state index is 2.56. The molecule has 0 fully saturated rings. The second kappa shape index (κ2) is 18.2. The molecule has 0 radical (unpaired) electrons. The Hall–Kier alpha value is -6.93. The van der Waals surface area contributed by atoms with Crippen LogP contribution in [-0.2, 0) is 0 Å². The first-order valence-electron chi connectivity index (χ1n) is 26.5. The summed E-state index contributed by atoms with van der Waals surface area (Å²) in [6, 6.07) is 62.1. The van der Waals surface area contributed by atoms with Crippen LogP contribution in [0.3, 0.4) is 0 Å². The maximum absolute atomic E-state index is 2.56. The number of fused-ring (bicyclic) bond motifs is 4. The van der Waals surface area contributed by atoms with Gasteiger partial charge in [0.15, 0.2) is 0 Å². The third kappa shape index (κ3) is 8.25. The summed E-state index contributed by atoms with van der Waals surface area (Å²) in [5.74, 6) is 0. The van der Waals surface area contributed by atoms with Crippen molar-refractivity contribution < 1.29 is 0 Å². The molecule has 0 bridgehead atoms. The first kappa shape index (κ1) is 48.3. The monoisotopic (exact) mass is 959 g/mol. The summed E-state index contributed by atoms with van der Waals surface area (Å²) in [5.41, 5.74) is 32.3. The number of hydrogen-bond acceptors (Lipinski definition) is 0. The second-order valence-electron chi connectivity index (χ2n) is 22.8. The Kier molecular flexibility index (Phi) is 12.1. The summed E-state index contributed by atoms with van der Waals surface area (Å²) in [7, 11) is -2.14. The van der Waals surface area contributed by atoms with E-state index in [-0.39, 0.29) is 13.4 Å². The lowest BCUT2D eigenvalue weighted by Crippen LogP contribution is -2.56. The molecule has 10 aromatic carbocycles. The standard InChI is InChI=1S/C70H68B2Si/c1-41-30-45(5)67(46(6)31-41)71(68-47(7)32-42(2)33-48(68)8)58-25-20-53(21-26-58)55-18-19-57-39-63-60-29-24-56(40-65(60)73(13,14)64-17-15-16-61(66(63)64)62(57)38-55)54-22-27-59(28-23-54)72(69-49(9)34-43(3)35-50(69)10)70-51(11)36-44(4)37-52(70)12/h15-40H,1-14H3. The van der Waals surface area contributed by atoms with Crippen molar-refractivity contribution in [3.8, 4) is 33.4 Å². The van der Waals surface area contributed by atoms with Crippen molar-refractivity contribution in [2.75, 3.05) is 0 Å². The molecule has 1 heterocycles. The van der Waals surface area contributed by atoms with Crippen LogP contribution >= 0.6 is 0 Å². The summed E-state index contributed by atoms with van der Waals surface area (Å²) in [5, 5.41) is 8.46. The highest BCUT2D eigenvalue weighted by atomic mass is 28.3. The van der Waals surface area contributed by atoms with E-state index in [1.165, 1.54) is 165 Å². The molecule has 1 aliphatic rings. The predicted molar refractivity (Wildman–Crippen MR) is 326 cm³/mol. The van der Waals surface area contributed by atoms with Crippen LogP contribution in [0, 0.1) is 83.1 Å². The van der Waals surface area contributed by atoms with Gasteiger partial charge in [0.25, 0.3) is 0 Å². The molecule has 3 heteroatoms. The molecule has 358 valence electrons. The van der Waals surface area contributed by atoms with E-state index < -0.39 is 8.07 Å². The molecular formula is C70H68B2Si. The number of aryl methyl sites for hydroxylation is 12. The van der Waals surface area contributed by atoms with E-state index >= 15 is 0 Å². The molecule has 0 aromatic heterocycles. The Morgan fingerprint density at radius 2 is 0.671 bits per heavy atom. The van der Waals surface area contributed by atoms with Crippen molar-refractivity contribution >= 4 is 86.2 Å². The molecule has 0 nitrogen and oxygen atoms in total. The van der Waals surface area contributed by atoms with E-state index in [0.29, 0.717) is 0 Å². The van der Waals surface area contributed by atoms with Crippen molar-refractivity contribution in [3.63, 3.8) is 0 Å². The molecule has 10 aromatic rings. The highest BCUT2D eigenvalue weighted by Crippen LogP contribution is 2.40. The van der Waals surface area contributed by atoms with Gasteiger partial charge in [0, 0.05) is 0 Å². The van der Waals surface area contributed by atoms with Crippen LogP contribution in [0.5, 0.6) is 0 Å². The van der Waals surface area contributed by atoms with Crippen LogP contribution < -0.4 is 43.2 Å². The van der Waals surface area contributed by atoms with Gasteiger partial charge in [-0.3, -0.25) is 0 Å². The van der Waals surface area contributed by atoms with Gasteiger partial charge in [0.2, 0.25) is 13.4 Å². The van der Waals surface area contributed by atoms with Gasteiger partial charge in [0.1, 0.15) is 8.07 Å². The molecular weight excluding hydrogens is 890 g/mol. The molecule has 0 saturated carbocycles. The summed E-state index contributed by atoms with van der Waals surface area (Å²) in [4.78, 5) is 0. The summed E-state index contributed by atoms with van der Waals surface area (Å²) in [6.45, 7) is 32.6. The van der Waals surface area contributed by atoms with Crippen LogP contribution in [0.25, 0.3) is 54.9 Å². The average Bonchev–Trinajstić information content (AvgIpc) is 3.34. The molecule has 0 unspecified atom stereocenters. The van der Waals surface area contributed by atoms with Crippen molar-refractivity contribution in [1.82, 2.24) is 0 Å². The number of hydrogen-bond donors (Lipinski definition) is 0. The minimum Gasteiger partial charge on any atom is -0.0686 e. The van der Waals surface area contributed by atoms with Crippen LogP contribution in [0.2, 0.25) is 13.1 Å². The summed E-state index contributed by atoms with van der Waals surface area (Å²) >= 11 is 0. The fourth-order valence-electron chi connectivity index (χ4n) is 14.0. The van der Waals surface area contributed by atoms with Crippen LogP contribution in [0.4, 0.5) is 0 Å². The van der Waals surface area contributed by atoms with E-state index in [4.69, 9.17) is 0 Å². The van der Waals surface area contributed by atoms with E-state index in [0.717, 1.165) is 0 Å². The lowest BCUT2D eigenvalue weighted by atomic mass is 9.34. The van der Waals surface area contributed by atoms with Crippen molar-refractivity contribution in [2.24, 2.45) is 0 Å². The van der Waals surface area contributed by atoms with Gasteiger partial charge in [-0.2, -0.15) is 0 Å². The molecule has 0 spiro atoms. The Labute approximate surface area is 437 Å². The maximum Gasteiger partial charge on any atom is 0.242 e. The Morgan fingerprint density at radius 3 is 1.08 bits per heavy atom. The van der Waals surface area contributed by atoms with Gasteiger partial charge in [0.05, 0.1) is 0 Å². The van der Waals surface area contributed by atoms with Crippen LogP contribution in [0.15, 0.2) is 158 Å². The lowest BCUT2D eigenvalue weighted by molar-refractivity contribution is 1.34. The van der Waals surface area contributed by atoms with Gasteiger partial charge >= 0.3 is 0 Å². The first-order valence-corrected chi connectivity index (χ1v) is 29.5. The van der Waals surface area contributed by atoms with Crippen LogP contribution in [0.1, 0.15) is 66.8 Å². The summed E-state index contributed by atoms with van der Waals surface area (Å²) in [6.07, 6.45) is 0. The topological polar surface area (TPSA) is 0 Å². The van der Waals surface area contributed by atoms with Crippen LogP contribution in [-0.4, -0.2) is 21.5 Å². The largest absolute Gasteiger partial charge is 0.242 e. The average molecular weight is 959 g/mol. The molecule has 0 N–H and O–H groups in total. The predicted octanol–water partition coefficient (Wildman–Crippen LogP) is 12.9. The molecule has 0 amide bonds. The molecule has 11 rings (SSSR count). The molecule has 0 saturated heterocycles. The molecule has 0 aliphatic carbocycles. The fourth-order valence-corrected chi connectivity index (χ4v) is 17.1. The van der Waals surface area contributed by atoms with Gasteiger partial charge in [-0.15, -0.1) is 0 Å². The molecule has 0 atom stereocenters. The highest BCUT2D eigenvalue weighted by Gasteiger charge is 2.37. The minimum absolute atomic E-state index is 0.152. The lowest BCUT2D eigenvalue weighted by Gasteiger charge is -2.34. The molecule has 73 heavy (non-hydrogen) atoms. The quantitative estimate of drug-likeness (QED) is 0.105. The normalized spacial score (nSPS) is 12.6. The Morgan fingerprint density at radius 1 is 0.301 bits per heavy atom. The van der Waals surface area contributed by atoms with Crippen molar-refractivity contribution in [1.29, 1.82) is 0 Å². The highest BCUT2D eigenvalue weighted by molar-refractivity contribution is 7.03. The smallest absolute Gasteiger partial charge is 0.0686 e. The SMILES string of the molecule is Cc1cc(C)c(B(c2ccc(-c3ccc4c(c3)[Si](C)(C)c3cccc5c3c-4cc3ccc(-c4ccc(B(c6c(C)cc(C)cc6C)c6c(C)cc(C)cc6C)cc4)cc35)cc2)c2c(C)cc(C)cc2C)c(C)c1. The fraction of sp³-hybridized carbons (Fsp3) is 0.200. The van der Waals surface area contributed by atoms with E-state index in [1.54, 1.807) is 0 Å². The van der Waals surface area contributed by atoms with Gasteiger partial charge in [-0.25, -0.2) is 0 Å². The molecule has 1 aliphatic heterocycles. The summed E-state index contributed by atoms with van der Waals surface area (Å²) < 4.78 is 0. The Balaban J connectivity index is 0.964. The second-order valence-corrected chi connectivity index (χ2v) is 27.2. The van der Waals surface area contributed by atoms with E-state index in [2.05, 4.69) is 254 Å². The van der Waals surface area contributed by atoms with Gasteiger partial charge < -0.3 is 0 Å².